The van der Waals surface area contributed by atoms with E-state index in [4.69, 9.17) is 32.7 Å². The molecule has 1 rings (SSSR count). The standard InChI is InChI=1S/C14H18Cl2N2O3/c1-3-6-17-14(21-8-7-20-2)18-13(19)10-4-5-11(15)12(16)9-10/h4-5,9H,3,6-8H2,1-2H3,(H,17,18,19). The molecular formula is C14H18Cl2N2O3. The summed E-state index contributed by atoms with van der Waals surface area (Å²) >= 11 is 11.7. The number of amides is 1. The fraction of sp³-hybridized carbons (Fsp3) is 0.429. The zero-order valence-corrected chi connectivity index (χ0v) is 13.5. The average molecular weight is 333 g/mol. The van der Waals surface area contributed by atoms with Gasteiger partial charge in [-0.1, -0.05) is 30.1 Å². The van der Waals surface area contributed by atoms with E-state index in [1.165, 1.54) is 6.07 Å². The van der Waals surface area contributed by atoms with Crippen LogP contribution in [0.2, 0.25) is 10.0 Å². The van der Waals surface area contributed by atoms with Crippen molar-refractivity contribution in [2.24, 2.45) is 4.99 Å². The van der Waals surface area contributed by atoms with E-state index in [9.17, 15) is 4.79 Å². The second-order valence-corrected chi connectivity index (χ2v) is 4.93. The Morgan fingerprint density at radius 3 is 2.67 bits per heavy atom. The number of methoxy groups -OCH3 is 1. The van der Waals surface area contributed by atoms with Gasteiger partial charge in [0.1, 0.15) is 6.61 Å². The molecule has 0 spiro atoms. The van der Waals surface area contributed by atoms with Crippen LogP contribution in [0.5, 0.6) is 0 Å². The van der Waals surface area contributed by atoms with E-state index in [-0.39, 0.29) is 11.9 Å². The van der Waals surface area contributed by atoms with Gasteiger partial charge in [0.2, 0.25) is 0 Å². The Kier molecular flexibility index (Phi) is 8.12. The zero-order chi connectivity index (χ0) is 15.7. The van der Waals surface area contributed by atoms with Gasteiger partial charge in [0, 0.05) is 19.2 Å². The largest absolute Gasteiger partial charge is 0.463 e. The molecule has 116 valence electrons. The number of nitrogens with one attached hydrogen (secondary N) is 1. The number of aliphatic imine (C=N–C) groups is 1. The van der Waals surface area contributed by atoms with E-state index >= 15 is 0 Å². The molecule has 1 amide bonds. The molecule has 5 nitrogen and oxygen atoms in total. The molecule has 0 saturated heterocycles. The van der Waals surface area contributed by atoms with E-state index in [0.717, 1.165) is 6.42 Å². The SMILES string of the molecule is CCCN=C(NC(=O)c1ccc(Cl)c(Cl)c1)OCCOC. The second kappa shape index (κ2) is 9.60. The van der Waals surface area contributed by atoms with Gasteiger partial charge < -0.3 is 9.47 Å². The van der Waals surface area contributed by atoms with Crippen LogP contribution in [0, 0.1) is 0 Å². The van der Waals surface area contributed by atoms with Crippen molar-refractivity contribution in [3.63, 3.8) is 0 Å². The molecule has 0 fully saturated rings. The van der Waals surface area contributed by atoms with Crippen molar-refractivity contribution in [1.82, 2.24) is 5.32 Å². The molecule has 0 aliphatic carbocycles. The van der Waals surface area contributed by atoms with Crippen LogP contribution in [0.4, 0.5) is 0 Å². The molecule has 7 heteroatoms. The summed E-state index contributed by atoms with van der Waals surface area (Å²) in [7, 11) is 1.57. The summed E-state index contributed by atoms with van der Waals surface area (Å²) in [6.45, 7) is 3.26. The van der Waals surface area contributed by atoms with Crippen LogP contribution in [0.25, 0.3) is 0 Å². The Morgan fingerprint density at radius 2 is 2.05 bits per heavy atom. The molecule has 0 aliphatic rings. The normalized spacial score (nSPS) is 11.3. The highest BCUT2D eigenvalue weighted by Gasteiger charge is 2.11. The van der Waals surface area contributed by atoms with Crippen LogP contribution in [0.3, 0.4) is 0 Å². The average Bonchev–Trinajstić information content (AvgIpc) is 2.47. The highest BCUT2D eigenvalue weighted by Crippen LogP contribution is 2.22. The highest BCUT2D eigenvalue weighted by atomic mass is 35.5. The van der Waals surface area contributed by atoms with E-state index in [2.05, 4.69) is 10.3 Å². The third-order valence-electron chi connectivity index (χ3n) is 2.41. The molecule has 1 N–H and O–H groups in total. The Morgan fingerprint density at radius 1 is 1.29 bits per heavy atom. The van der Waals surface area contributed by atoms with E-state index in [1.807, 2.05) is 6.92 Å². The van der Waals surface area contributed by atoms with Crippen LogP contribution >= 0.6 is 23.2 Å². The summed E-state index contributed by atoms with van der Waals surface area (Å²) in [5.41, 5.74) is 0.379. The number of hydrogen-bond donors (Lipinski definition) is 1. The molecule has 0 unspecified atom stereocenters. The number of carbonyl (C=O) groups excluding carboxylic acids is 1. The predicted octanol–water partition coefficient (Wildman–Crippen LogP) is 3.15. The highest BCUT2D eigenvalue weighted by molar-refractivity contribution is 6.42. The summed E-state index contributed by atoms with van der Waals surface area (Å²) in [6.07, 6.45) is 0.847. The van der Waals surface area contributed by atoms with Crippen molar-refractivity contribution in [2.45, 2.75) is 13.3 Å². The second-order valence-electron chi connectivity index (χ2n) is 4.11. The van der Waals surface area contributed by atoms with E-state index in [1.54, 1.807) is 19.2 Å². The lowest BCUT2D eigenvalue weighted by atomic mass is 10.2. The summed E-state index contributed by atoms with van der Waals surface area (Å²) in [5.74, 6) is -0.360. The lowest BCUT2D eigenvalue weighted by Gasteiger charge is -2.10. The number of amidine groups is 1. The lowest BCUT2D eigenvalue weighted by Crippen LogP contribution is -2.33. The van der Waals surface area contributed by atoms with Gasteiger partial charge in [0.15, 0.2) is 0 Å². The van der Waals surface area contributed by atoms with Gasteiger partial charge in [-0.05, 0) is 24.6 Å². The zero-order valence-electron chi connectivity index (χ0n) is 12.0. The van der Waals surface area contributed by atoms with Gasteiger partial charge in [-0.25, -0.2) is 4.99 Å². The van der Waals surface area contributed by atoms with Gasteiger partial charge in [-0.2, -0.15) is 0 Å². The van der Waals surface area contributed by atoms with Crippen molar-refractivity contribution in [3.8, 4) is 0 Å². The molecule has 0 aromatic heterocycles. The van der Waals surface area contributed by atoms with Crippen molar-refractivity contribution in [2.75, 3.05) is 26.9 Å². The molecular weight excluding hydrogens is 315 g/mol. The Hall–Kier alpha value is -1.30. The van der Waals surface area contributed by atoms with Gasteiger partial charge in [-0.15, -0.1) is 0 Å². The maximum Gasteiger partial charge on any atom is 0.291 e. The number of rotatable bonds is 6. The smallest absolute Gasteiger partial charge is 0.291 e. The first kappa shape index (κ1) is 17.8. The minimum absolute atomic E-state index is 0.171. The molecule has 0 atom stereocenters. The first-order valence-electron chi connectivity index (χ1n) is 6.51. The number of hydrogen-bond acceptors (Lipinski definition) is 4. The molecule has 0 bridgehead atoms. The molecule has 0 radical (unpaired) electrons. The number of benzene rings is 1. The van der Waals surface area contributed by atoms with Crippen molar-refractivity contribution in [3.05, 3.63) is 33.8 Å². The van der Waals surface area contributed by atoms with Gasteiger partial charge in [-0.3, -0.25) is 10.1 Å². The van der Waals surface area contributed by atoms with E-state index < -0.39 is 0 Å². The third kappa shape index (κ3) is 6.33. The number of nitrogens with zero attached hydrogens (tertiary/aromatic N) is 1. The summed E-state index contributed by atoms with van der Waals surface area (Å²) in [6, 6.07) is 4.81. The number of ether oxygens (including phenoxy) is 2. The van der Waals surface area contributed by atoms with Crippen LogP contribution in [0.1, 0.15) is 23.7 Å². The first-order valence-corrected chi connectivity index (χ1v) is 7.26. The van der Waals surface area contributed by atoms with Crippen LogP contribution in [0.15, 0.2) is 23.2 Å². The minimum Gasteiger partial charge on any atom is -0.463 e. The van der Waals surface area contributed by atoms with Crippen LogP contribution < -0.4 is 5.32 Å². The Bertz CT molecular complexity index is 507. The van der Waals surface area contributed by atoms with Gasteiger partial charge in [0.25, 0.3) is 11.9 Å². The van der Waals surface area contributed by atoms with E-state index in [0.29, 0.717) is 35.4 Å². The molecule has 21 heavy (non-hydrogen) atoms. The van der Waals surface area contributed by atoms with Crippen LogP contribution in [-0.2, 0) is 9.47 Å². The number of carbonyl (C=O) groups is 1. The number of halogens is 2. The molecule has 0 aliphatic heterocycles. The van der Waals surface area contributed by atoms with Gasteiger partial charge in [0.05, 0.1) is 16.7 Å². The first-order chi connectivity index (χ1) is 10.1. The van der Waals surface area contributed by atoms with Crippen LogP contribution in [-0.4, -0.2) is 38.8 Å². The van der Waals surface area contributed by atoms with Crippen molar-refractivity contribution in [1.29, 1.82) is 0 Å². The fourth-order valence-electron chi connectivity index (χ4n) is 1.36. The third-order valence-corrected chi connectivity index (χ3v) is 3.15. The summed E-state index contributed by atoms with van der Waals surface area (Å²) in [5, 5.41) is 3.31. The summed E-state index contributed by atoms with van der Waals surface area (Å²) in [4.78, 5) is 16.3. The van der Waals surface area contributed by atoms with Gasteiger partial charge >= 0.3 is 0 Å². The Balaban J connectivity index is 2.72. The Labute approximate surface area is 134 Å². The summed E-state index contributed by atoms with van der Waals surface area (Å²) < 4.78 is 10.3. The minimum atomic E-state index is -0.360. The quantitative estimate of drug-likeness (QED) is 0.494. The molecule has 1 aromatic carbocycles. The molecule has 1 aromatic rings. The van der Waals surface area contributed by atoms with Crippen molar-refractivity contribution >= 4 is 35.1 Å². The lowest BCUT2D eigenvalue weighted by molar-refractivity contribution is 0.0954. The molecule has 0 heterocycles. The molecule has 0 saturated carbocycles. The topological polar surface area (TPSA) is 59.9 Å². The maximum atomic E-state index is 12.1. The maximum absolute atomic E-state index is 12.1. The van der Waals surface area contributed by atoms with Crippen molar-refractivity contribution < 1.29 is 14.3 Å². The fourth-order valence-corrected chi connectivity index (χ4v) is 1.66. The predicted molar refractivity (Wildman–Crippen MR) is 84.3 cm³/mol. The monoisotopic (exact) mass is 332 g/mol.